The van der Waals surface area contributed by atoms with Gasteiger partial charge in [0.05, 0.1) is 22.8 Å². The molecule has 0 amide bonds. The molecule has 3 heterocycles. The molecule has 0 aliphatic carbocycles. The van der Waals surface area contributed by atoms with Gasteiger partial charge in [-0.3, -0.25) is 0 Å². The lowest BCUT2D eigenvalue weighted by atomic mass is 9.90. The first kappa shape index (κ1) is 32.1. The zero-order chi connectivity index (χ0) is 37.0. The number of anilines is 2. The third-order valence-corrected chi connectivity index (χ3v) is 11.0. The van der Waals surface area contributed by atoms with E-state index in [-0.39, 0.29) is 12.5 Å². The van der Waals surface area contributed by atoms with Gasteiger partial charge in [0.15, 0.2) is 12.5 Å². The summed E-state index contributed by atoms with van der Waals surface area (Å²) in [6.45, 7) is 0. The number of benzene rings is 8. The third-order valence-electron chi connectivity index (χ3n) is 11.0. The van der Waals surface area contributed by atoms with Crippen molar-refractivity contribution >= 4 is 32.9 Å². The fraction of sp³-hybridized carbons (Fsp3) is 0.0392. The summed E-state index contributed by atoms with van der Waals surface area (Å²) in [6.07, 6.45) is -0.519. The molecule has 56 heavy (non-hydrogen) atoms. The molecule has 0 radical (unpaired) electrons. The van der Waals surface area contributed by atoms with Gasteiger partial charge in [-0.2, -0.15) is 0 Å². The van der Waals surface area contributed by atoms with Gasteiger partial charge in [0.25, 0.3) is 0 Å². The molecule has 5 nitrogen and oxygen atoms in total. The minimum Gasteiger partial charge on any atom is -0.464 e. The molecule has 1 aromatic heterocycles. The Kier molecular flexibility index (Phi) is 7.56. The van der Waals surface area contributed by atoms with E-state index in [9.17, 15) is 0 Å². The molecule has 8 aromatic carbocycles. The number of nitrogens with zero attached hydrogens (tertiary/aromatic N) is 1. The molecule has 2 aliphatic rings. The highest BCUT2D eigenvalue weighted by atomic mass is 16.5. The van der Waals surface area contributed by atoms with Crippen LogP contribution in [0.25, 0.3) is 66.3 Å². The van der Waals surface area contributed by atoms with E-state index in [1.54, 1.807) is 0 Å². The first-order chi connectivity index (χ1) is 27.7. The van der Waals surface area contributed by atoms with Crippen molar-refractivity contribution in [1.82, 2.24) is 4.98 Å². The zero-order valence-corrected chi connectivity index (χ0v) is 30.3. The lowest BCUT2D eigenvalue weighted by Crippen LogP contribution is -2.10. The number of hydrogen-bond acceptors (Lipinski definition) is 5. The Bertz CT molecular complexity index is 2690. The first-order valence-corrected chi connectivity index (χ1v) is 19.0. The second kappa shape index (κ2) is 13.2. The Morgan fingerprint density at radius 1 is 0.357 bits per heavy atom. The maximum atomic E-state index is 6.27. The Morgan fingerprint density at radius 2 is 0.750 bits per heavy atom. The summed E-state index contributed by atoms with van der Waals surface area (Å²) in [7, 11) is 0. The number of pyridine rings is 1. The summed E-state index contributed by atoms with van der Waals surface area (Å²) in [4.78, 5) is 5.65. The summed E-state index contributed by atoms with van der Waals surface area (Å²) in [5.41, 5.74) is 12.3. The number of fused-ring (bicyclic) bond motifs is 4. The van der Waals surface area contributed by atoms with Crippen molar-refractivity contribution < 1.29 is 9.47 Å². The maximum absolute atomic E-state index is 6.27. The van der Waals surface area contributed by atoms with E-state index in [1.807, 2.05) is 48.5 Å². The Labute approximate surface area is 324 Å². The Balaban J connectivity index is 1.07. The number of aromatic nitrogens is 1. The lowest BCUT2D eigenvalue weighted by molar-refractivity contribution is 0.259. The van der Waals surface area contributed by atoms with Crippen LogP contribution in [0.3, 0.4) is 0 Å². The van der Waals surface area contributed by atoms with Crippen molar-refractivity contribution in [3.8, 4) is 56.3 Å². The second-order valence-corrected chi connectivity index (χ2v) is 14.4. The molecule has 2 N–H and O–H groups in total. The van der Waals surface area contributed by atoms with Crippen molar-refractivity contribution in [2.45, 2.75) is 12.5 Å². The number of hydrogen-bond donors (Lipinski definition) is 2. The van der Waals surface area contributed by atoms with Gasteiger partial charge in [0.2, 0.25) is 0 Å². The highest BCUT2D eigenvalue weighted by Gasteiger charge is 2.25. The van der Waals surface area contributed by atoms with Crippen LogP contribution in [0.1, 0.15) is 23.6 Å². The molecule has 2 unspecified atom stereocenters. The van der Waals surface area contributed by atoms with Gasteiger partial charge >= 0.3 is 0 Å². The molecule has 0 spiro atoms. The van der Waals surface area contributed by atoms with Crippen LogP contribution in [0.4, 0.5) is 11.4 Å². The molecule has 0 saturated heterocycles. The predicted octanol–water partition coefficient (Wildman–Crippen LogP) is 13.1. The van der Waals surface area contributed by atoms with E-state index in [4.69, 9.17) is 14.5 Å². The number of nitrogens with one attached hydrogen (secondary N) is 2. The van der Waals surface area contributed by atoms with E-state index in [0.717, 1.165) is 78.8 Å². The molecule has 0 bridgehead atoms. The van der Waals surface area contributed by atoms with Crippen LogP contribution in [0, 0.1) is 0 Å². The normalized spacial score (nSPS) is 15.4. The van der Waals surface area contributed by atoms with E-state index < -0.39 is 0 Å². The predicted molar refractivity (Wildman–Crippen MR) is 228 cm³/mol. The number of para-hydroxylation sites is 4. The van der Waals surface area contributed by atoms with Crippen molar-refractivity contribution in [3.05, 3.63) is 199 Å². The smallest absolute Gasteiger partial charge is 0.196 e. The highest BCUT2D eigenvalue weighted by molar-refractivity contribution is 5.96. The third kappa shape index (κ3) is 5.69. The second-order valence-electron chi connectivity index (χ2n) is 14.4. The van der Waals surface area contributed by atoms with E-state index in [0.29, 0.717) is 0 Å². The fourth-order valence-corrected chi connectivity index (χ4v) is 8.01. The van der Waals surface area contributed by atoms with E-state index in [1.165, 1.54) is 21.5 Å². The minimum atomic E-state index is -0.259. The van der Waals surface area contributed by atoms with Crippen molar-refractivity contribution in [2.75, 3.05) is 10.6 Å². The van der Waals surface area contributed by atoms with Gasteiger partial charge < -0.3 is 20.1 Å². The quantitative estimate of drug-likeness (QED) is 0.179. The number of rotatable bonds is 6. The standard InChI is InChI=1S/C51H35N3O2/c1-3-11-38-29-40(27-17-32(38)9-1)42-31-43(41-28-18-33-10-2-4-12-39(33)30-41)49(35-21-25-37(26-22-35)51-53-45-14-6-8-16-47(45)56-51)54-48(42)34-19-23-36(24-20-34)50-52-44-13-5-7-15-46(44)55-50/h1-31,50-53H. The highest BCUT2D eigenvalue weighted by Crippen LogP contribution is 2.43. The summed E-state index contributed by atoms with van der Waals surface area (Å²) < 4.78 is 12.5. The van der Waals surface area contributed by atoms with Crippen LogP contribution in [-0.2, 0) is 0 Å². The topological polar surface area (TPSA) is 55.4 Å². The molecule has 0 fully saturated rings. The lowest BCUT2D eigenvalue weighted by Gasteiger charge is -2.19. The largest absolute Gasteiger partial charge is 0.464 e. The number of ether oxygens (including phenoxy) is 2. The van der Waals surface area contributed by atoms with Gasteiger partial charge in [-0.25, -0.2) is 4.98 Å². The zero-order valence-electron chi connectivity index (χ0n) is 30.3. The van der Waals surface area contributed by atoms with Crippen LogP contribution in [0.2, 0.25) is 0 Å². The molecule has 2 aliphatic heterocycles. The first-order valence-electron chi connectivity index (χ1n) is 19.0. The van der Waals surface area contributed by atoms with E-state index in [2.05, 4.69) is 150 Å². The molecule has 11 rings (SSSR count). The van der Waals surface area contributed by atoms with Gasteiger partial charge in [-0.1, -0.05) is 146 Å². The summed E-state index contributed by atoms with van der Waals surface area (Å²) in [5, 5.41) is 11.8. The molecule has 266 valence electrons. The van der Waals surface area contributed by atoms with Crippen molar-refractivity contribution in [1.29, 1.82) is 0 Å². The average molecular weight is 722 g/mol. The summed E-state index contributed by atoms with van der Waals surface area (Å²) >= 11 is 0. The van der Waals surface area contributed by atoms with Crippen LogP contribution in [-0.4, -0.2) is 4.98 Å². The van der Waals surface area contributed by atoms with Crippen LogP contribution >= 0.6 is 0 Å². The Morgan fingerprint density at radius 3 is 1.20 bits per heavy atom. The van der Waals surface area contributed by atoms with Crippen LogP contribution in [0.15, 0.2) is 188 Å². The molecule has 2 atom stereocenters. The molecule has 5 heteroatoms. The van der Waals surface area contributed by atoms with Gasteiger partial charge in [-0.05, 0) is 75.1 Å². The Hall–Kier alpha value is -7.37. The van der Waals surface area contributed by atoms with Gasteiger partial charge in [-0.15, -0.1) is 0 Å². The van der Waals surface area contributed by atoms with Crippen molar-refractivity contribution in [3.63, 3.8) is 0 Å². The SMILES string of the molecule is c1ccc2c(c1)NC(c1ccc(-c3nc(-c4ccc(C5Nc6ccccc6O5)cc4)c(-c4ccc5ccccc5c4)cc3-c3ccc4ccccc4c3)cc1)O2. The van der Waals surface area contributed by atoms with Gasteiger partial charge in [0.1, 0.15) is 11.5 Å². The summed E-state index contributed by atoms with van der Waals surface area (Å²) in [6, 6.07) is 66.1. The van der Waals surface area contributed by atoms with Gasteiger partial charge in [0, 0.05) is 33.4 Å². The minimum absolute atomic E-state index is 0.259. The van der Waals surface area contributed by atoms with Crippen molar-refractivity contribution in [2.24, 2.45) is 0 Å². The molecule has 0 saturated carbocycles. The molecular formula is C51H35N3O2. The average Bonchev–Trinajstić information content (AvgIpc) is 3.91. The maximum Gasteiger partial charge on any atom is 0.196 e. The monoisotopic (exact) mass is 721 g/mol. The molecular weight excluding hydrogens is 687 g/mol. The molecule has 9 aromatic rings. The van der Waals surface area contributed by atoms with Crippen LogP contribution in [0.5, 0.6) is 11.5 Å². The summed E-state index contributed by atoms with van der Waals surface area (Å²) in [5.74, 6) is 1.73. The van der Waals surface area contributed by atoms with Crippen LogP contribution < -0.4 is 20.1 Å². The fourth-order valence-electron chi connectivity index (χ4n) is 8.01. The van der Waals surface area contributed by atoms with E-state index >= 15 is 0 Å².